The van der Waals surface area contributed by atoms with Gasteiger partial charge in [0.25, 0.3) is 0 Å². The highest BCUT2D eigenvalue weighted by Gasteiger charge is 2.04. The number of halogens is 2. The predicted molar refractivity (Wildman–Crippen MR) is 74.3 cm³/mol. The molecular formula is C13H17Cl2NO. The molecule has 0 saturated heterocycles. The first-order valence-corrected chi connectivity index (χ1v) is 6.39. The quantitative estimate of drug-likeness (QED) is 0.573. The number of rotatable bonds is 8. The van der Waals surface area contributed by atoms with Gasteiger partial charge in [-0.2, -0.15) is 0 Å². The Balaban J connectivity index is 2.18. The molecule has 0 aliphatic carbocycles. The van der Waals surface area contributed by atoms with Crippen molar-refractivity contribution in [2.75, 3.05) is 19.7 Å². The van der Waals surface area contributed by atoms with Crippen LogP contribution in [0.5, 0.6) is 5.75 Å². The third kappa shape index (κ3) is 5.44. The number of unbranched alkanes of at least 4 members (excludes halogenated alkanes) is 1. The van der Waals surface area contributed by atoms with Gasteiger partial charge in [0.05, 0.1) is 11.6 Å². The van der Waals surface area contributed by atoms with Crippen LogP contribution in [-0.4, -0.2) is 19.7 Å². The molecule has 0 aliphatic heterocycles. The molecular weight excluding hydrogens is 257 g/mol. The summed E-state index contributed by atoms with van der Waals surface area (Å²) < 4.78 is 5.56. The summed E-state index contributed by atoms with van der Waals surface area (Å²) in [6.45, 7) is 6.11. The van der Waals surface area contributed by atoms with Gasteiger partial charge in [0.1, 0.15) is 10.8 Å². The average molecular weight is 274 g/mol. The van der Waals surface area contributed by atoms with Gasteiger partial charge in [0, 0.05) is 6.54 Å². The molecule has 4 heteroatoms. The molecule has 17 heavy (non-hydrogen) atoms. The number of hydrogen-bond donors (Lipinski definition) is 1. The van der Waals surface area contributed by atoms with Crippen LogP contribution >= 0.6 is 23.2 Å². The molecule has 1 rings (SSSR count). The Labute approximate surface area is 113 Å². The van der Waals surface area contributed by atoms with Crippen LogP contribution in [0.3, 0.4) is 0 Å². The minimum atomic E-state index is 0.485. The van der Waals surface area contributed by atoms with E-state index < -0.39 is 0 Å². The molecule has 0 heterocycles. The maximum atomic E-state index is 5.99. The summed E-state index contributed by atoms with van der Waals surface area (Å²) >= 11 is 11.9. The molecule has 1 aromatic rings. The maximum Gasteiger partial charge on any atom is 0.139 e. The van der Waals surface area contributed by atoms with Crippen LogP contribution in [0.25, 0.3) is 0 Å². The minimum absolute atomic E-state index is 0.485. The lowest BCUT2D eigenvalue weighted by molar-refractivity contribution is 0.306. The SMILES string of the molecule is C=CCNCCCCOc1cccc(Cl)c1Cl. The van der Waals surface area contributed by atoms with Crippen LogP contribution in [-0.2, 0) is 0 Å². The van der Waals surface area contributed by atoms with E-state index in [-0.39, 0.29) is 0 Å². The minimum Gasteiger partial charge on any atom is -0.492 e. The van der Waals surface area contributed by atoms with Gasteiger partial charge in [-0.15, -0.1) is 6.58 Å². The highest BCUT2D eigenvalue weighted by molar-refractivity contribution is 6.42. The van der Waals surface area contributed by atoms with E-state index in [1.807, 2.05) is 18.2 Å². The second-order valence-corrected chi connectivity index (χ2v) is 4.39. The first-order valence-electron chi connectivity index (χ1n) is 5.64. The van der Waals surface area contributed by atoms with Crippen LogP contribution in [0.4, 0.5) is 0 Å². The van der Waals surface area contributed by atoms with E-state index in [1.54, 1.807) is 6.07 Å². The van der Waals surface area contributed by atoms with Crippen LogP contribution in [0, 0.1) is 0 Å². The second kappa shape index (κ2) is 8.40. The molecule has 0 bridgehead atoms. The second-order valence-electron chi connectivity index (χ2n) is 3.60. The van der Waals surface area contributed by atoms with Crippen LogP contribution < -0.4 is 10.1 Å². The van der Waals surface area contributed by atoms with Crippen LogP contribution in [0.15, 0.2) is 30.9 Å². The molecule has 0 aliphatic rings. The highest BCUT2D eigenvalue weighted by atomic mass is 35.5. The fraction of sp³-hybridized carbons (Fsp3) is 0.385. The number of ether oxygens (including phenoxy) is 1. The Morgan fingerprint density at radius 1 is 1.29 bits per heavy atom. The molecule has 1 N–H and O–H groups in total. The van der Waals surface area contributed by atoms with Crippen molar-refractivity contribution in [3.05, 3.63) is 40.9 Å². The van der Waals surface area contributed by atoms with Crippen LogP contribution in [0.2, 0.25) is 10.0 Å². The van der Waals surface area contributed by atoms with Crippen molar-refractivity contribution in [1.29, 1.82) is 0 Å². The molecule has 0 amide bonds. The van der Waals surface area contributed by atoms with Crippen molar-refractivity contribution in [2.45, 2.75) is 12.8 Å². The van der Waals surface area contributed by atoms with E-state index in [2.05, 4.69) is 11.9 Å². The van der Waals surface area contributed by atoms with Gasteiger partial charge in [-0.3, -0.25) is 0 Å². The van der Waals surface area contributed by atoms with E-state index in [4.69, 9.17) is 27.9 Å². The normalized spacial score (nSPS) is 10.2. The lowest BCUT2D eigenvalue weighted by Crippen LogP contribution is -2.15. The fourth-order valence-electron chi connectivity index (χ4n) is 1.33. The van der Waals surface area contributed by atoms with E-state index in [0.717, 1.165) is 25.9 Å². The van der Waals surface area contributed by atoms with Crippen molar-refractivity contribution in [3.8, 4) is 5.75 Å². The predicted octanol–water partition coefficient (Wildman–Crippen LogP) is 3.93. The Morgan fingerprint density at radius 2 is 2.12 bits per heavy atom. The Hall–Kier alpha value is -0.700. The summed E-state index contributed by atoms with van der Waals surface area (Å²) in [6.07, 6.45) is 3.89. The van der Waals surface area contributed by atoms with Crippen molar-refractivity contribution >= 4 is 23.2 Å². The average Bonchev–Trinajstić information content (AvgIpc) is 2.33. The third-order valence-electron chi connectivity index (χ3n) is 2.21. The van der Waals surface area contributed by atoms with Crippen LogP contribution in [0.1, 0.15) is 12.8 Å². The van der Waals surface area contributed by atoms with Crippen molar-refractivity contribution < 1.29 is 4.74 Å². The number of benzene rings is 1. The zero-order valence-electron chi connectivity index (χ0n) is 9.72. The number of nitrogens with one attached hydrogen (secondary N) is 1. The van der Waals surface area contributed by atoms with Crippen molar-refractivity contribution in [1.82, 2.24) is 5.32 Å². The van der Waals surface area contributed by atoms with Gasteiger partial charge in [-0.25, -0.2) is 0 Å². The molecule has 0 spiro atoms. The summed E-state index contributed by atoms with van der Waals surface area (Å²) in [5.74, 6) is 0.651. The molecule has 0 saturated carbocycles. The number of hydrogen-bond acceptors (Lipinski definition) is 2. The maximum absolute atomic E-state index is 5.99. The highest BCUT2D eigenvalue weighted by Crippen LogP contribution is 2.31. The Kier molecular flexibility index (Phi) is 7.10. The van der Waals surface area contributed by atoms with E-state index >= 15 is 0 Å². The van der Waals surface area contributed by atoms with Gasteiger partial charge >= 0.3 is 0 Å². The van der Waals surface area contributed by atoms with Gasteiger partial charge < -0.3 is 10.1 Å². The monoisotopic (exact) mass is 273 g/mol. The topological polar surface area (TPSA) is 21.3 Å². The lowest BCUT2D eigenvalue weighted by Gasteiger charge is -2.08. The van der Waals surface area contributed by atoms with E-state index in [1.165, 1.54) is 0 Å². The Bertz CT molecular complexity index is 355. The van der Waals surface area contributed by atoms with Gasteiger partial charge in [-0.05, 0) is 31.5 Å². The van der Waals surface area contributed by atoms with Gasteiger partial charge in [0.15, 0.2) is 0 Å². The molecule has 0 unspecified atom stereocenters. The summed E-state index contributed by atoms with van der Waals surface area (Å²) in [6, 6.07) is 5.40. The molecule has 94 valence electrons. The summed E-state index contributed by atoms with van der Waals surface area (Å²) in [5, 5.41) is 4.24. The van der Waals surface area contributed by atoms with E-state index in [9.17, 15) is 0 Å². The first kappa shape index (κ1) is 14.4. The molecule has 0 fully saturated rings. The van der Waals surface area contributed by atoms with Gasteiger partial charge in [-0.1, -0.05) is 35.3 Å². The molecule has 0 atom stereocenters. The van der Waals surface area contributed by atoms with E-state index in [0.29, 0.717) is 22.4 Å². The van der Waals surface area contributed by atoms with Crippen molar-refractivity contribution in [2.24, 2.45) is 0 Å². The summed E-state index contributed by atoms with van der Waals surface area (Å²) in [5.41, 5.74) is 0. The summed E-state index contributed by atoms with van der Waals surface area (Å²) in [7, 11) is 0. The van der Waals surface area contributed by atoms with Crippen molar-refractivity contribution in [3.63, 3.8) is 0 Å². The largest absolute Gasteiger partial charge is 0.492 e. The Morgan fingerprint density at radius 3 is 2.88 bits per heavy atom. The third-order valence-corrected chi connectivity index (χ3v) is 3.01. The zero-order valence-corrected chi connectivity index (χ0v) is 11.2. The zero-order chi connectivity index (χ0) is 12.5. The molecule has 0 radical (unpaired) electrons. The standard InChI is InChI=1S/C13H17Cl2NO/c1-2-8-16-9-3-4-10-17-12-7-5-6-11(14)13(12)15/h2,5-7,16H,1,3-4,8-10H2. The fourth-order valence-corrected chi connectivity index (χ4v) is 1.68. The smallest absolute Gasteiger partial charge is 0.139 e. The molecule has 1 aromatic carbocycles. The van der Waals surface area contributed by atoms with Gasteiger partial charge in [0.2, 0.25) is 0 Å². The summed E-state index contributed by atoms with van der Waals surface area (Å²) in [4.78, 5) is 0. The molecule has 0 aromatic heterocycles. The lowest BCUT2D eigenvalue weighted by atomic mass is 10.3. The molecule has 2 nitrogen and oxygen atoms in total. The first-order chi connectivity index (χ1) is 8.25.